The summed E-state index contributed by atoms with van der Waals surface area (Å²) >= 11 is 0. The first-order chi connectivity index (χ1) is 13.1. The van der Waals surface area contributed by atoms with Crippen LogP contribution < -0.4 is 4.74 Å². The van der Waals surface area contributed by atoms with Crippen molar-refractivity contribution in [3.8, 4) is 5.75 Å². The third kappa shape index (κ3) is 5.66. The molecule has 3 rings (SSSR count). The van der Waals surface area contributed by atoms with Crippen LogP contribution in [0.1, 0.15) is 22.8 Å². The van der Waals surface area contributed by atoms with E-state index in [1.807, 2.05) is 11.0 Å². The van der Waals surface area contributed by atoms with Crippen LogP contribution >= 0.6 is 0 Å². The van der Waals surface area contributed by atoms with Crippen molar-refractivity contribution in [2.24, 2.45) is 0 Å². The zero-order chi connectivity index (χ0) is 19.1. The first kappa shape index (κ1) is 19.1. The zero-order valence-corrected chi connectivity index (χ0v) is 15.8. The molecule has 0 atom stereocenters. The molecule has 0 bridgehead atoms. The van der Waals surface area contributed by atoms with Crippen molar-refractivity contribution in [3.63, 3.8) is 0 Å². The average Bonchev–Trinajstić information content (AvgIpc) is 2.72. The lowest BCUT2D eigenvalue weighted by Gasteiger charge is -2.34. The monoisotopic (exact) mass is 366 g/mol. The minimum Gasteiger partial charge on any atom is -0.484 e. The van der Waals surface area contributed by atoms with E-state index in [0.717, 1.165) is 39.1 Å². The Bertz CT molecular complexity index is 751. The quantitative estimate of drug-likeness (QED) is 0.707. The molecule has 0 aromatic heterocycles. The number of carbonyl (C=O) groups excluding carboxylic acids is 2. The van der Waals surface area contributed by atoms with E-state index in [9.17, 15) is 9.59 Å². The van der Waals surface area contributed by atoms with E-state index in [1.165, 1.54) is 12.5 Å². The highest BCUT2D eigenvalue weighted by Crippen LogP contribution is 2.13. The standard InChI is InChI=1S/C22H26N2O3/c1-18(25)20-7-9-21(10-8-20)27-17-22(26)24-15-13-23(14-16-24)12-11-19-5-3-2-4-6-19/h2-10H,11-17H2,1H3. The summed E-state index contributed by atoms with van der Waals surface area (Å²) in [6.45, 7) is 5.84. The highest BCUT2D eigenvalue weighted by molar-refractivity contribution is 5.94. The van der Waals surface area contributed by atoms with Gasteiger partial charge in [-0.05, 0) is 43.2 Å². The molecule has 1 saturated heterocycles. The number of rotatable bonds is 7. The van der Waals surface area contributed by atoms with Gasteiger partial charge in [-0.25, -0.2) is 0 Å². The van der Waals surface area contributed by atoms with Crippen molar-refractivity contribution in [2.75, 3.05) is 39.3 Å². The molecule has 142 valence electrons. The van der Waals surface area contributed by atoms with Gasteiger partial charge in [0.15, 0.2) is 12.4 Å². The highest BCUT2D eigenvalue weighted by Gasteiger charge is 2.21. The third-order valence-corrected chi connectivity index (χ3v) is 4.91. The molecule has 5 nitrogen and oxygen atoms in total. The van der Waals surface area contributed by atoms with Crippen LogP contribution in [0.25, 0.3) is 0 Å². The van der Waals surface area contributed by atoms with Crippen molar-refractivity contribution < 1.29 is 14.3 Å². The Morgan fingerprint density at radius 1 is 0.926 bits per heavy atom. The molecule has 0 spiro atoms. The van der Waals surface area contributed by atoms with Gasteiger partial charge in [0.05, 0.1) is 0 Å². The van der Waals surface area contributed by atoms with Crippen LogP contribution in [-0.4, -0.2) is 60.8 Å². The number of hydrogen-bond donors (Lipinski definition) is 0. The first-order valence-electron chi connectivity index (χ1n) is 9.39. The number of nitrogens with zero attached hydrogens (tertiary/aromatic N) is 2. The number of hydrogen-bond acceptors (Lipinski definition) is 4. The Kier molecular flexibility index (Phi) is 6.60. The van der Waals surface area contributed by atoms with Crippen LogP contribution in [0, 0.1) is 0 Å². The number of ether oxygens (including phenoxy) is 1. The Balaban J connectivity index is 1.38. The molecule has 1 heterocycles. The highest BCUT2D eigenvalue weighted by atomic mass is 16.5. The minimum atomic E-state index is 0.00774. The van der Waals surface area contributed by atoms with Crippen molar-refractivity contribution in [2.45, 2.75) is 13.3 Å². The molecule has 0 radical (unpaired) electrons. The Morgan fingerprint density at radius 2 is 1.59 bits per heavy atom. The fourth-order valence-electron chi connectivity index (χ4n) is 3.17. The van der Waals surface area contributed by atoms with Gasteiger partial charge in [0, 0.05) is 38.3 Å². The lowest BCUT2D eigenvalue weighted by molar-refractivity contribution is -0.135. The van der Waals surface area contributed by atoms with Gasteiger partial charge in [-0.3, -0.25) is 14.5 Å². The number of ketones is 1. The number of Topliss-reactive ketones (excluding diaryl/α,β-unsaturated/α-hetero) is 1. The maximum absolute atomic E-state index is 12.4. The van der Waals surface area contributed by atoms with E-state index in [0.29, 0.717) is 11.3 Å². The van der Waals surface area contributed by atoms with E-state index in [1.54, 1.807) is 24.3 Å². The average molecular weight is 366 g/mol. The second-order valence-electron chi connectivity index (χ2n) is 6.83. The lowest BCUT2D eigenvalue weighted by Crippen LogP contribution is -2.50. The number of carbonyl (C=O) groups is 2. The SMILES string of the molecule is CC(=O)c1ccc(OCC(=O)N2CCN(CCc3ccccc3)CC2)cc1. The largest absolute Gasteiger partial charge is 0.484 e. The van der Waals surface area contributed by atoms with E-state index >= 15 is 0 Å². The van der Waals surface area contributed by atoms with Crippen LogP contribution in [0.15, 0.2) is 54.6 Å². The van der Waals surface area contributed by atoms with Gasteiger partial charge in [-0.15, -0.1) is 0 Å². The lowest BCUT2D eigenvalue weighted by atomic mass is 10.1. The van der Waals surface area contributed by atoms with Crippen LogP contribution in [0.4, 0.5) is 0 Å². The molecular weight excluding hydrogens is 340 g/mol. The maximum Gasteiger partial charge on any atom is 0.260 e. The molecule has 1 amide bonds. The molecule has 2 aromatic carbocycles. The van der Waals surface area contributed by atoms with Crippen LogP contribution in [0.3, 0.4) is 0 Å². The predicted molar refractivity (Wildman–Crippen MR) is 105 cm³/mol. The second-order valence-corrected chi connectivity index (χ2v) is 6.83. The summed E-state index contributed by atoms with van der Waals surface area (Å²) in [7, 11) is 0. The van der Waals surface area contributed by atoms with Crippen LogP contribution in [0.2, 0.25) is 0 Å². The van der Waals surface area contributed by atoms with Crippen LogP contribution in [-0.2, 0) is 11.2 Å². The maximum atomic E-state index is 12.4. The molecule has 0 aliphatic carbocycles. The summed E-state index contributed by atoms with van der Waals surface area (Å²) in [5.41, 5.74) is 1.99. The number of piperazine rings is 1. The van der Waals surface area contributed by atoms with E-state index < -0.39 is 0 Å². The van der Waals surface area contributed by atoms with Crippen LogP contribution in [0.5, 0.6) is 5.75 Å². The van der Waals surface area contributed by atoms with Gasteiger partial charge in [0.1, 0.15) is 5.75 Å². The van der Waals surface area contributed by atoms with Gasteiger partial charge < -0.3 is 9.64 Å². The summed E-state index contributed by atoms with van der Waals surface area (Å²) in [6, 6.07) is 17.4. The summed E-state index contributed by atoms with van der Waals surface area (Å²) in [5, 5.41) is 0. The van der Waals surface area contributed by atoms with E-state index in [4.69, 9.17) is 4.74 Å². The third-order valence-electron chi connectivity index (χ3n) is 4.91. The Hall–Kier alpha value is -2.66. The van der Waals surface area contributed by atoms with Crippen molar-refractivity contribution in [1.29, 1.82) is 0 Å². The first-order valence-corrected chi connectivity index (χ1v) is 9.39. The van der Waals surface area contributed by atoms with E-state index in [-0.39, 0.29) is 18.3 Å². The molecule has 1 aliphatic rings. The van der Waals surface area contributed by atoms with Crippen molar-refractivity contribution in [1.82, 2.24) is 9.80 Å². The molecule has 1 fully saturated rings. The Morgan fingerprint density at radius 3 is 2.22 bits per heavy atom. The topological polar surface area (TPSA) is 49.9 Å². The molecule has 0 saturated carbocycles. The smallest absolute Gasteiger partial charge is 0.260 e. The second kappa shape index (κ2) is 9.33. The van der Waals surface area contributed by atoms with Crippen molar-refractivity contribution >= 4 is 11.7 Å². The van der Waals surface area contributed by atoms with Gasteiger partial charge in [-0.2, -0.15) is 0 Å². The van der Waals surface area contributed by atoms with E-state index in [2.05, 4.69) is 29.2 Å². The molecule has 27 heavy (non-hydrogen) atoms. The van der Waals surface area contributed by atoms with Crippen molar-refractivity contribution in [3.05, 3.63) is 65.7 Å². The number of benzene rings is 2. The molecule has 2 aromatic rings. The molecule has 5 heteroatoms. The summed E-state index contributed by atoms with van der Waals surface area (Å²) in [6.07, 6.45) is 1.04. The normalized spacial score (nSPS) is 14.8. The van der Waals surface area contributed by atoms with Gasteiger partial charge in [0.25, 0.3) is 5.91 Å². The van der Waals surface area contributed by atoms with Gasteiger partial charge in [0.2, 0.25) is 0 Å². The fraction of sp³-hybridized carbons (Fsp3) is 0.364. The molecule has 0 N–H and O–H groups in total. The predicted octanol–water partition coefficient (Wildman–Crippen LogP) is 2.65. The van der Waals surface area contributed by atoms with Gasteiger partial charge >= 0.3 is 0 Å². The number of amides is 1. The Labute approximate surface area is 160 Å². The summed E-state index contributed by atoms with van der Waals surface area (Å²) < 4.78 is 5.57. The molecule has 1 aliphatic heterocycles. The summed E-state index contributed by atoms with van der Waals surface area (Å²) in [5.74, 6) is 0.631. The fourth-order valence-corrected chi connectivity index (χ4v) is 3.17. The summed E-state index contributed by atoms with van der Waals surface area (Å²) in [4.78, 5) is 27.9. The zero-order valence-electron chi connectivity index (χ0n) is 15.8. The minimum absolute atomic E-state index is 0.00774. The molecular formula is C22H26N2O3. The van der Waals surface area contributed by atoms with Gasteiger partial charge in [-0.1, -0.05) is 30.3 Å². The molecule has 0 unspecified atom stereocenters.